The largest absolute Gasteiger partial charge is 0.299 e. The molecule has 0 aliphatic heterocycles. The van der Waals surface area contributed by atoms with E-state index in [9.17, 15) is 9.59 Å². The smallest absolute Gasteiger partial charge is 0.139 e. The van der Waals surface area contributed by atoms with Gasteiger partial charge in [-0.15, -0.1) is 0 Å². The summed E-state index contributed by atoms with van der Waals surface area (Å²) in [6.45, 7) is 0. The highest BCUT2D eigenvalue weighted by Gasteiger charge is 2.65. The van der Waals surface area contributed by atoms with E-state index >= 15 is 0 Å². The van der Waals surface area contributed by atoms with Gasteiger partial charge in [0.25, 0.3) is 0 Å². The van der Waals surface area contributed by atoms with Crippen molar-refractivity contribution in [3.63, 3.8) is 0 Å². The van der Waals surface area contributed by atoms with Gasteiger partial charge in [-0.2, -0.15) is 0 Å². The summed E-state index contributed by atoms with van der Waals surface area (Å²) < 4.78 is 0. The Morgan fingerprint density at radius 2 is 1.00 bits per heavy atom. The highest BCUT2D eigenvalue weighted by molar-refractivity contribution is 5.91. The lowest BCUT2D eigenvalue weighted by Crippen LogP contribution is -2.50. The lowest BCUT2D eigenvalue weighted by atomic mass is 9.49. The van der Waals surface area contributed by atoms with E-state index in [1.165, 1.54) is 77.0 Å². The molecule has 12 unspecified atom stereocenters. The third-order valence-electron chi connectivity index (χ3n) is 12.0. The zero-order chi connectivity index (χ0) is 20.0. The molecule has 0 aromatic carbocycles. The average Bonchev–Trinajstić information content (AvgIpc) is 3.25. The van der Waals surface area contributed by atoms with E-state index in [1.807, 2.05) is 0 Å². The molecule has 0 amide bonds. The summed E-state index contributed by atoms with van der Waals surface area (Å²) in [6, 6.07) is 0. The maximum Gasteiger partial charge on any atom is 0.139 e. The Kier molecular flexibility index (Phi) is 4.35. The van der Waals surface area contributed by atoms with Crippen molar-refractivity contribution >= 4 is 11.6 Å². The SMILES string of the molecule is O=C1C2CCCCC2C2CC3C(CC12)C(=O)C1C2CCCCC2C2CCCCC2C31. The molecular weight excluding hydrogens is 368 g/mol. The van der Waals surface area contributed by atoms with Crippen LogP contribution in [0.1, 0.15) is 89.9 Å². The first-order chi connectivity index (χ1) is 14.7. The van der Waals surface area contributed by atoms with E-state index < -0.39 is 0 Å². The van der Waals surface area contributed by atoms with Crippen LogP contribution in [0, 0.1) is 71.0 Å². The summed E-state index contributed by atoms with van der Waals surface area (Å²) in [6.07, 6.45) is 18.5. The molecule has 30 heavy (non-hydrogen) atoms. The van der Waals surface area contributed by atoms with Crippen LogP contribution in [0.4, 0.5) is 0 Å². The van der Waals surface area contributed by atoms with E-state index in [-0.39, 0.29) is 11.8 Å². The Hall–Kier alpha value is -0.660. The Morgan fingerprint density at radius 3 is 1.77 bits per heavy atom. The minimum absolute atomic E-state index is 0.257. The standard InChI is InChI=1S/C28H40O2/c29-27-20-12-6-3-9-17(20)21-13-22-24(14-23(21)27)28(30)26-19-11-5-2-8-16(19)15-7-1-4-10-18(15)25(22)26/h15-26H,1-14H2. The summed E-state index contributed by atoms with van der Waals surface area (Å²) in [4.78, 5) is 27.3. The normalized spacial score (nSPS) is 56.9. The van der Waals surface area contributed by atoms with E-state index in [1.54, 1.807) is 0 Å². The number of carbonyl (C=O) groups excluding carboxylic acids is 2. The first-order valence-electron chi connectivity index (χ1n) is 13.8. The van der Waals surface area contributed by atoms with Gasteiger partial charge in [0.1, 0.15) is 11.6 Å². The quantitative estimate of drug-likeness (QED) is 0.487. The molecule has 0 aromatic rings. The van der Waals surface area contributed by atoms with Crippen molar-refractivity contribution in [1.29, 1.82) is 0 Å². The van der Waals surface area contributed by atoms with E-state index in [4.69, 9.17) is 0 Å². The molecule has 7 aliphatic carbocycles. The number of rotatable bonds is 0. The monoisotopic (exact) mass is 408 g/mol. The fraction of sp³-hybridized carbons (Fsp3) is 0.929. The number of Topliss-reactive ketones (excluding diaryl/α,β-unsaturated/α-hetero) is 2. The lowest BCUT2D eigenvalue weighted by molar-refractivity contribution is -0.133. The lowest BCUT2D eigenvalue weighted by Gasteiger charge is -2.55. The number of carbonyl (C=O) groups is 2. The third kappa shape index (κ3) is 2.43. The summed E-state index contributed by atoms with van der Waals surface area (Å²) in [5, 5.41) is 0. The highest BCUT2D eigenvalue weighted by atomic mass is 16.1. The molecule has 2 nitrogen and oxygen atoms in total. The van der Waals surface area contributed by atoms with Gasteiger partial charge in [0.15, 0.2) is 0 Å². The van der Waals surface area contributed by atoms with E-state index in [2.05, 4.69) is 0 Å². The number of ketones is 2. The van der Waals surface area contributed by atoms with Gasteiger partial charge in [0.2, 0.25) is 0 Å². The van der Waals surface area contributed by atoms with Crippen LogP contribution in [0.5, 0.6) is 0 Å². The number of hydrogen-bond acceptors (Lipinski definition) is 2. The molecule has 7 fully saturated rings. The van der Waals surface area contributed by atoms with Crippen LogP contribution in [-0.4, -0.2) is 11.6 Å². The van der Waals surface area contributed by atoms with Gasteiger partial charge in [0, 0.05) is 23.7 Å². The molecule has 7 saturated carbocycles. The molecule has 164 valence electrons. The molecule has 0 aromatic heterocycles. The average molecular weight is 409 g/mol. The molecule has 0 spiro atoms. The van der Waals surface area contributed by atoms with Crippen LogP contribution in [0.25, 0.3) is 0 Å². The Morgan fingerprint density at radius 1 is 0.433 bits per heavy atom. The molecule has 0 radical (unpaired) electrons. The van der Waals surface area contributed by atoms with E-state index in [0.29, 0.717) is 53.0 Å². The van der Waals surface area contributed by atoms with Gasteiger partial charge in [-0.25, -0.2) is 0 Å². The third-order valence-corrected chi connectivity index (χ3v) is 12.0. The van der Waals surface area contributed by atoms with Gasteiger partial charge >= 0.3 is 0 Å². The number of hydrogen-bond donors (Lipinski definition) is 0. The Balaban J connectivity index is 1.25. The molecule has 0 bridgehead atoms. The molecule has 2 heteroatoms. The molecule has 0 N–H and O–H groups in total. The molecule has 7 rings (SSSR count). The summed E-state index contributed by atoms with van der Waals surface area (Å²) in [5.74, 6) is 8.54. The van der Waals surface area contributed by atoms with Crippen molar-refractivity contribution in [1.82, 2.24) is 0 Å². The molecule has 12 atom stereocenters. The summed E-state index contributed by atoms with van der Waals surface area (Å²) >= 11 is 0. The summed E-state index contributed by atoms with van der Waals surface area (Å²) in [7, 11) is 0. The van der Waals surface area contributed by atoms with Crippen molar-refractivity contribution in [3.8, 4) is 0 Å². The van der Waals surface area contributed by atoms with Gasteiger partial charge in [0.05, 0.1) is 0 Å². The van der Waals surface area contributed by atoms with Crippen molar-refractivity contribution in [3.05, 3.63) is 0 Å². The first-order valence-corrected chi connectivity index (χ1v) is 13.8. The predicted molar refractivity (Wildman–Crippen MR) is 117 cm³/mol. The second-order valence-corrected chi connectivity index (χ2v) is 12.7. The van der Waals surface area contributed by atoms with Crippen molar-refractivity contribution in [2.75, 3.05) is 0 Å². The van der Waals surface area contributed by atoms with Crippen LogP contribution in [-0.2, 0) is 9.59 Å². The van der Waals surface area contributed by atoms with Crippen LogP contribution in [0.2, 0.25) is 0 Å². The minimum atomic E-state index is 0.257. The Bertz CT molecular complexity index is 741. The van der Waals surface area contributed by atoms with Crippen molar-refractivity contribution in [2.24, 2.45) is 71.0 Å². The fourth-order valence-electron chi connectivity index (χ4n) is 11.3. The van der Waals surface area contributed by atoms with Crippen molar-refractivity contribution in [2.45, 2.75) is 89.9 Å². The fourth-order valence-corrected chi connectivity index (χ4v) is 11.3. The molecule has 0 saturated heterocycles. The second-order valence-electron chi connectivity index (χ2n) is 12.7. The van der Waals surface area contributed by atoms with Crippen LogP contribution in [0.3, 0.4) is 0 Å². The topological polar surface area (TPSA) is 34.1 Å². The van der Waals surface area contributed by atoms with Crippen LogP contribution in [0.15, 0.2) is 0 Å². The number of fused-ring (bicyclic) bond motifs is 11. The molecule has 0 heterocycles. The maximum absolute atomic E-state index is 14.0. The van der Waals surface area contributed by atoms with Gasteiger partial charge in [-0.3, -0.25) is 9.59 Å². The van der Waals surface area contributed by atoms with Gasteiger partial charge in [-0.1, -0.05) is 38.5 Å². The Labute approximate surface area is 182 Å². The zero-order valence-corrected chi connectivity index (χ0v) is 18.6. The van der Waals surface area contributed by atoms with Crippen LogP contribution < -0.4 is 0 Å². The highest BCUT2D eigenvalue weighted by Crippen LogP contribution is 2.67. The van der Waals surface area contributed by atoms with Crippen molar-refractivity contribution < 1.29 is 9.59 Å². The van der Waals surface area contributed by atoms with E-state index in [0.717, 1.165) is 30.6 Å². The first kappa shape index (κ1) is 18.9. The zero-order valence-electron chi connectivity index (χ0n) is 18.6. The minimum Gasteiger partial charge on any atom is -0.299 e. The maximum atomic E-state index is 14.0. The second kappa shape index (κ2) is 6.92. The van der Waals surface area contributed by atoms with Gasteiger partial charge in [-0.05, 0) is 98.7 Å². The van der Waals surface area contributed by atoms with Crippen LogP contribution >= 0.6 is 0 Å². The predicted octanol–water partition coefficient (Wildman–Crippen LogP) is 6.08. The molecule has 7 aliphatic rings. The summed E-state index contributed by atoms with van der Waals surface area (Å²) in [5.41, 5.74) is 0. The molecular formula is C28H40O2. The van der Waals surface area contributed by atoms with Gasteiger partial charge < -0.3 is 0 Å².